The number of pyridine rings is 2. The van der Waals surface area contributed by atoms with Gasteiger partial charge in [-0.05, 0) is 72.4 Å². The van der Waals surface area contributed by atoms with Crippen molar-refractivity contribution in [2.75, 3.05) is 9.80 Å². The lowest BCUT2D eigenvalue weighted by atomic mass is 9.31. The van der Waals surface area contributed by atoms with E-state index in [-0.39, 0.29) is 6.71 Å². The lowest BCUT2D eigenvalue weighted by molar-refractivity contribution is 0.810. The Morgan fingerprint density at radius 1 is 0.727 bits per heavy atom. The summed E-state index contributed by atoms with van der Waals surface area (Å²) >= 11 is 0. The van der Waals surface area contributed by atoms with Gasteiger partial charge in [-0.15, -0.1) is 0 Å². The monoisotopic (exact) mass is 426 g/mol. The summed E-state index contributed by atoms with van der Waals surface area (Å²) in [6, 6.07) is 17.4. The van der Waals surface area contributed by atoms with Gasteiger partial charge >= 0.3 is 0 Å². The van der Waals surface area contributed by atoms with E-state index in [1.165, 1.54) is 44.9 Å². The van der Waals surface area contributed by atoms with Crippen LogP contribution >= 0.6 is 0 Å². The molecule has 0 bridgehead atoms. The topological polar surface area (TPSA) is 32.3 Å². The first-order chi connectivity index (χ1) is 16.4. The molecule has 2 aliphatic carbocycles. The Labute approximate surface area is 194 Å². The quantitative estimate of drug-likeness (QED) is 0.509. The zero-order valence-corrected chi connectivity index (χ0v) is 18.4. The molecule has 0 saturated carbocycles. The molecule has 0 saturated heterocycles. The number of anilines is 3. The molecular formula is C28H23BN4. The Morgan fingerprint density at radius 2 is 1.42 bits per heavy atom. The minimum absolute atomic E-state index is 0.269. The number of fused-ring (bicyclic) bond motifs is 3. The predicted octanol–water partition coefficient (Wildman–Crippen LogP) is 5.46. The van der Waals surface area contributed by atoms with E-state index in [2.05, 4.69) is 86.5 Å². The van der Waals surface area contributed by atoms with E-state index in [0.717, 1.165) is 31.4 Å². The molecule has 0 spiro atoms. The van der Waals surface area contributed by atoms with Crippen LogP contribution in [0.25, 0.3) is 0 Å². The molecule has 4 heterocycles. The smallest absolute Gasteiger partial charge is 0.251 e. The molecule has 7 rings (SSSR count). The van der Waals surface area contributed by atoms with Crippen LogP contribution < -0.4 is 15.3 Å². The molecule has 3 aromatic rings. The highest BCUT2D eigenvalue weighted by atomic mass is 15.2. The Bertz CT molecular complexity index is 1370. The van der Waals surface area contributed by atoms with Gasteiger partial charge in [0.2, 0.25) is 0 Å². The fraction of sp³-hybridized carbons (Fsp3) is 0.143. The second-order valence-electron chi connectivity index (χ2n) is 8.90. The van der Waals surface area contributed by atoms with Crippen molar-refractivity contribution in [3.05, 3.63) is 120 Å². The molecule has 33 heavy (non-hydrogen) atoms. The van der Waals surface area contributed by atoms with Crippen molar-refractivity contribution in [3.8, 4) is 0 Å². The zero-order valence-electron chi connectivity index (χ0n) is 18.4. The minimum Gasteiger partial charge on any atom is -0.319 e. The standard InChI is InChI=1S/C28H23BN4/c1-3-8-24-22(6-1)29-23-7-2-4-9-25(23)33(21-14-18-31-19-15-21)27-11-5-10-26(28(27)29)32(24)20-12-16-30-17-13-20/h1-3,6-8,10,12-19H,4-5,9,11H2. The minimum atomic E-state index is 0.269. The number of rotatable bonds is 2. The van der Waals surface area contributed by atoms with Crippen LogP contribution in [-0.4, -0.2) is 16.7 Å². The summed E-state index contributed by atoms with van der Waals surface area (Å²) in [5, 5.41) is 0. The molecule has 0 radical (unpaired) electrons. The highest BCUT2D eigenvalue weighted by Crippen LogP contribution is 2.49. The molecule has 5 heteroatoms. The van der Waals surface area contributed by atoms with Crippen molar-refractivity contribution in [2.24, 2.45) is 0 Å². The largest absolute Gasteiger partial charge is 0.319 e. The number of nitrogens with zero attached hydrogens (tertiary/aromatic N) is 4. The maximum atomic E-state index is 4.29. The third-order valence-electron chi connectivity index (χ3n) is 7.20. The van der Waals surface area contributed by atoms with Gasteiger partial charge in [0.1, 0.15) is 0 Å². The first kappa shape index (κ1) is 18.7. The number of hydrogen-bond acceptors (Lipinski definition) is 4. The van der Waals surface area contributed by atoms with E-state index in [9.17, 15) is 0 Å². The summed E-state index contributed by atoms with van der Waals surface area (Å²) in [5.41, 5.74) is 12.1. The van der Waals surface area contributed by atoms with E-state index >= 15 is 0 Å². The molecule has 0 amide bonds. The molecule has 2 aromatic heterocycles. The van der Waals surface area contributed by atoms with Gasteiger partial charge in [0.25, 0.3) is 6.71 Å². The molecule has 0 fully saturated rings. The first-order valence-corrected chi connectivity index (χ1v) is 11.7. The number of benzene rings is 1. The van der Waals surface area contributed by atoms with Gasteiger partial charge in [-0.25, -0.2) is 0 Å². The van der Waals surface area contributed by atoms with Crippen LogP contribution in [0.3, 0.4) is 0 Å². The third kappa shape index (κ3) is 2.72. The van der Waals surface area contributed by atoms with Crippen molar-refractivity contribution in [2.45, 2.75) is 25.7 Å². The molecule has 1 aromatic carbocycles. The van der Waals surface area contributed by atoms with Crippen LogP contribution in [0.4, 0.5) is 17.1 Å². The zero-order chi connectivity index (χ0) is 21.8. The van der Waals surface area contributed by atoms with Gasteiger partial charge in [-0.1, -0.05) is 36.4 Å². The second kappa shape index (κ2) is 7.34. The highest BCUT2D eigenvalue weighted by Gasteiger charge is 2.46. The van der Waals surface area contributed by atoms with Gasteiger partial charge < -0.3 is 9.80 Å². The van der Waals surface area contributed by atoms with Gasteiger partial charge in [0.05, 0.1) is 0 Å². The average molecular weight is 426 g/mol. The number of aromatic nitrogens is 2. The van der Waals surface area contributed by atoms with Crippen molar-refractivity contribution < 1.29 is 0 Å². The average Bonchev–Trinajstić information content (AvgIpc) is 2.89. The van der Waals surface area contributed by atoms with E-state index in [4.69, 9.17) is 0 Å². The van der Waals surface area contributed by atoms with E-state index < -0.39 is 0 Å². The first-order valence-electron chi connectivity index (χ1n) is 11.7. The lowest BCUT2D eigenvalue weighted by Gasteiger charge is -2.48. The van der Waals surface area contributed by atoms with Crippen molar-refractivity contribution in [1.82, 2.24) is 9.97 Å². The Hall–Kier alpha value is -3.86. The lowest BCUT2D eigenvalue weighted by Crippen LogP contribution is -2.51. The maximum absolute atomic E-state index is 4.29. The van der Waals surface area contributed by atoms with Crippen LogP contribution in [0.1, 0.15) is 25.7 Å². The molecule has 0 atom stereocenters. The van der Waals surface area contributed by atoms with Crippen molar-refractivity contribution in [1.29, 1.82) is 0 Å². The number of allylic oxidation sites excluding steroid dienone is 7. The number of para-hydroxylation sites is 1. The van der Waals surface area contributed by atoms with Gasteiger partial charge in [0, 0.05) is 58.9 Å². The molecular weight excluding hydrogens is 403 g/mol. The molecule has 158 valence electrons. The SMILES string of the molecule is C1=CC2=C(CC1)N(c1ccncc1)C1=C3B2c2ccccc2N(c2ccncc2)C3=CCC1. The predicted molar refractivity (Wildman–Crippen MR) is 135 cm³/mol. The highest BCUT2D eigenvalue weighted by molar-refractivity contribution is 6.89. The van der Waals surface area contributed by atoms with Crippen LogP contribution in [0, 0.1) is 0 Å². The van der Waals surface area contributed by atoms with Crippen LogP contribution in [0.5, 0.6) is 0 Å². The van der Waals surface area contributed by atoms with Crippen LogP contribution in [0.2, 0.25) is 0 Å². The summed E-state index contributed by atoms with van der Waals surface area (Å²) in [6.07, 6.45) is 19.0. The van der Waals surface area contributed by atoms with Gasteiger partial charge in [-0.3, -0.25) is 9.97 Å². The van der Waals surface area contributed by atoms with Crippen LogP contribution in [0.15, 0.2) is 120 Å². The van der Waals surface area contributed by atoms with E-state index in [1.807, 2.05) is 24.8 Å². The Balaban J connectivity index is 1.54. The third-order valence-corrected chi connectivity index (χ3v) is 7.20. The Morgan fingerprint density at radius 3 is 2.21 bits per heavy atom. The summed E-state index contributed by atoms with van der Waals surface area (Å²) in [6.45, 7) is 0.269. The fourth-order valence-corrected chi connectivity index (χ4v) is 5.95. The normalized spacial score (nSPS) is 18.7. The number of hydrogen-bond donors (Lipinski definition) is 0. The van der Waals surface area contributed by atoms with Gasteiger partial charge in [-0.2, -0.15) is 0 Å². The van der Waals surface area contributed by atoms with E-state index in [0.29, 0.717) is 0 Å². The van der Waals surface area contributed by atoms with E-state index in [1.54, 1.807) is 0 Å². The summed E-state index contributed by atoms with van der Waals surface area (Å²) in [7, 11) is 0. The Kier molecular flexibility index (Phi) is 4.16. The fourth-order valence-electron chi connectivity index (χ4n) is 5.95. The van der Waals surface area contributed by atoms with Crippen LogP contribution in [-0.2, 0) is 0 Å². The molecule has 2 aliphatic heterocycles. The summed E-state index contributed by atoms with van der Waals surface area (Å²) in [5.74, 6) is 0. The second-order valence-corrected chi connectivity index (χ2v) is 8.90. The maximum Gasteiger partial charge on any atom is 0.251 e. The summed E-state index contributed by atoms with van der Waals surface area (Å²) in [4.78, 5) is 13.5. The molecule has 0 N–H and O–H groups in total. The van der Waals surface area contributed by atoms with Crippen molar-refractivity contribution >= 4 is 29.2 Å². The molecule has 4 nitrogen and oxygen atoms in total. The summed E-state index contributed by atoms with van der Waals surface area (Å²) < 4.78 is 0. The molecule has 4 aliphatic rings. The van der Waals surface area contributed by atoms with Gasteiger partial charge in [0.15, 0.2) is 0 Å². The van der Waals surface area contributed by atoms with Crippen molar-refractivity contribution in [3.63, 3.8) is 0 Å². The molecule has 0 unspecified atom stereocenters.